The summed E-state index contributed by atoms with van der Waals surface area (Å²) < 4.78 is 5.68. The number of nitrogens with one attached hydrogen (secondary N) is 1. The highest BCUT2D eigenvalue weighted by molar-refractivity contribution is 5.99. The van der Waals surface area contributed by atoms with E-state index in [0.29, 0.717) is 6.42 Å². The number of benzene rings is 1. The molecule has 0 radical (unpaired) electrons. The van der Waals surface area contributed by atoms with Gasteiger partial charge in [0.15, 0.2) is 0 Å². The van der Waals surface area contributed by atoms with Gasteiger partial charge < -0.3 is 4.74 Å². The summed E-state index contributed by atoms with van der Waals surface area (Å²) in [6.45, 7) is 5.92. The summed E-state index contributed by atoms with van der Waals surface area (Å²) in [5.41, 5.74) is 0.998. The standard InChI is InChI=1S/C16H21NO3/c1-4-13-14(9-15(18)17-16(13)19)11-6-5-7-12(8-11)20-10(2)3/h5-8,10,13-14H,4,9H2,1-3H3,(H,17,18,19). The van der Waals surface area contributed by atoms with Crippen LogP contribution in [0.3, 0.4) is 0 Å². The van der Waals surface area contributed by atoms with Crippen LogP contribution in [0.2, 0.25) is 0 Å². The van der Waals surface area contributed by atoms with E-state index in [4.69, 9.17) is 4.74 Å². The number of amides is 2. The molecule has 2 rings (SSSR count). The van der Waals surface area contributed by atoms with Gasteiger partial charge in [0.2, 0.25) is 11.8 Å². The Labute approximate surface area is 119 Å². The molecular formula is C16H21NO3. The third kappa shape index (κ3) is 3.18. The molecule has 2 atom stereocenters. The van der Waals surface area contributed by atoms with E-state index in [-0.39, 0.29) is 29.8 Å². The van der Waals surface area contributed by atoms with E-state index in [0.717, 1.165) is 17.7 Å². The smallest absolute Gasteiger partial charge is 0.230 e. The lowest BCUT2D eigenvalue weighted by Crippen LogP contribution is -2.44. The first-order valence-electron chi connectivity index (χ1n) is 7.11. The van der Waals surface area contributed by atoms with Crippen LogP contribution in [0.25, 0.3) is 0 Å². The molecular weight excluding hydrogens is 254 g/mol. The largest absolute Gasteiger partial charge is 0.491 e. The van der Waals surface area contributed by atoms with Crippen molar-refractivity contribution >= 4 is 11.8 Å². The summed E-state index contributed by atoms with van der Waals surface area (Å²) >= 11 is 0. The van der Waals surface area contributed by atoms with Gasteiger partial charge in [0, 0.05) is 18.3 Å². The van der Waals surface area contributed by atoms with Crippen molar-refractivity contribution in [3.05, 3.63) is 29.8 Å². The SMILES string of the molecule is CCC1C(=O)NC(=O)CC1c1cccc(OC(C)C)c1. The molecule has 1 aromatic rings. The topological polar surface area (TPSA) is 55.4 Å². The number of carbonyl (C=O) groups excluding carboxylic acids is 2. The minimum Gasteiger partial charge on any atom is -0.491 e. The third-order valence-corrected chi connectivity index (χ3v) is 3.59. The van der Waals surface area contributed by atoms with Gasteiger partial charge in [-0.25, -0.2) is 0 Å². The molecule has 4 nitrogen and oxygen atoms in total. The maximum absolute atomic E-state index is 11.9. The van der Waals surface area contributed by atoms with Gasteiger partial charge in [-0.05, 0) is 38.0 Å². The summed E-state index contributed by atoms with van der Waals surface area (Å²) in [5.74, 6) is 0.216. The molecule has 1 N–H and O–H groups in total. The third-order valence-electron chi connectivity index (χ3n) is 3.59. The average molecular weight is 275 g/mol. The van der Waals surface area contributed by atoms with Crippen molar-refractivity contribution in [1.29, 1.82) is 0 Å². The second kappa shape index (κ2) is 6.07. The summed E-state index contributed by atoms with van der Waals surface area (Å²) in [6, 6.07) is 7.72. The van der Waals surface area contributed by atoms with Crippen LogP contribution in [0, 0.1) is 5.92 Å². The van der Waals surface area contributed by atoms with Crippen LogP contribution in [-0.2, 0) is 9.59 Å². The van der Waals surface area contributed by atoms with E-state index in [2.05, 4.69) is 5.32 Å². The molecule has 0 spiro atoms. The predicted molar refractivity (Wildman–Crippen MR) is 76.5 cm³/mol. The molecule has 1 heterocycles. The summed E-state index contributed by atoms with van der Waals surface area (Å²) in [4.78, 5) is 23.5. The van der Waals surface area contributed by atoms with Crippen molar-refractivity contribution in [3.63, 3.8) is 0 Å². The van der Waals surface area contributed by atoms with Crippen LogP contribution in [0.15, 0.2) is 24.3 Å². The molecule has 1 aromatic carbocycles. The molecule has 1 aliphatic heterocycles. The Morgan fingerprint density at radius 2 is 2.10 bits per heavy atom. The average Bonchev–Trinajstić information content (AvgIpc) is 2.37. The highest BCUT2D eigenvalue weighted by Crippen LogP contribution is 2.34. The minimum atomic E-state index is -0.195. The van der Waals surface area contributed by atoms with Crippen molar-refractivity contribution in [2.24, 2.45) is 5.92 Å². The van der Waals surface area contributed by atoms with Crippen LogP contribution in [0.5, 0.6) is 5.75 Å². The van der Waals surface area contributed by atoms with Crippen molar-refractivity contribution < 1.29 is 14.3 Å². The fourth-order valence-electron chi connectivity index (χ4n) is 2.72. The molecule has 0 aliphatic carbocycles. The number of carbonyl (C=O) groups is 2. The van der Waals surface area contributed by atoms with Crippen LogP contribution in [-0.4, -0.2) is 17.9 Å². The quantitative estimate of drug-likeness (QED) is 0.859. The van der Waals surface area contributed by atoms with E-state index in [1.807, 2.05) is 45.0 Å². The van der Waals surface area contributed by atoms with E-state index >= 15 is 0 Å². The number of piperidine rings is 1. The first kappa shape index (κ1) is 14.6. The van der Waals surface area contributed by atoms with E-state index < -0.39 is 0 Å². The van der Waals surface area contributed by atoms with Gasteiger partial charge in [-0.1, -0.05) is 19.1 Å². The molecule has 0 aromatic heterocycles. The second-order valence-electron chi connectivity index (χ2n) is 5.48. The number of ether oxygens (including phenoxy) is 1. The molecule has 0 saturated carbocycles. The molecule has 1 saturated heterocycles. The molecule has 2 unspecified atom stereocenters. The van der Waals surface area contributed by atoms with E-state index in [9.17, 15) is 9.59 Å². The van der Waals surface area contributed by atoms with Crippen molar-refractivity contribution in [2.45, 2.75) is 45.6 Å². The van der Waals surface area contributed by atoms with Crippen LogP contribution < -0.4 is 10.1 Å². The molecule has 2 amide bonds. The zero-order valence-electron chi connectivity index (χ0n) is 12.2. The highest BCUT2D eigenvalue weighted by atomic mass is 16.5. The maximum Gasteiger partial charge on any atom is 0.230 e. The fraction of sp³-hybridized carbons (Fsp3) is 0.500. The van der Waals surface area contributed by atoms with Gasteiger partial charge in [0.05, 0.1) is 6.10 Å². The van der Waals surface area contributed by atoms with Gasteiger partial charge in [0.1, 0.15) is 5.75 Å². The Bertz CT molecular complexity index is 510. The Morgan fingerprint density at radius 1 is 1.35 bits per heavy atom. The summed E-state index contributed by atoms with van der Waals surface area (Å²) in [5, 5.41) is 2.42. The molecule has 0 bridgehead atoms. The van der Waals surface area contributed by atoms with Gasteiger partial charge in [-0.3, -0.25) is 14.9 Å². The van der Waals surface area contributed by atoms with Gasteiger partial charge >= 0.3 is 0 Å². The van der Waals surface area contributed by atoms with Crippen LogP contribution in [0.4, 0.5) is 0 Å². The van der Waals surface area contributed by atoms with Crippen molar-refractivity contribution in [3.8, 4) is 5.75 Å². The second-order valence-corrected chi connectivity index (χ2v) is 5.48. The normalized spacial score (nSPS) is 22.8. The van der Waals surface area contributed by atoms with Gasteiger partial charge in [0.25, 0.3) is 0 Å². The first-order valence-corrected chi connectivity index (χ1v) is 7.11. The lowest BCUT2D eigenvalue weighted by molar-refractivity contribution is -0.137. The monoisotopic (exact) mass is 275 g/mol. The Balaban J connectivity index is 2.28. The van der Waals surface area contributed by atoms with Gasteiger partial charge in [-0.2, -0.15) is 0 Å². The number of imide groups is 1. The number of hydrogen-bond donors (Lipinski definition) is 1. The lowest BCUT2D eigenvalue weighted by Gasteiger charge is -2.29. The van der Waals surface area contributed by atoms with E-state index in [1.165, 1.54) is 0 Å². The summed E-state index contributed by atoms with van der Waals surface area (Å²) in [7, 11) is 0. The lowest BCUT2D eigenvalue weighted by atomic mass is 9.79. The number of hydrogen-bond acceptors (Lipinski definition) is 3. The first-order chi connectivity index (χ1) is 9.51. The predicted octanol–water partition coefficient (Wildman–Crippen LogP) is 2.63. The van der Waals surface area contributed by atoms with Crippen LogP contribution in [0.1, 0.15) is 45.1 Å². The fourth-order valence-corrected chi connectivity index (χ4v) is 2.72. The van der Waals surface area contributed by atoms with Gasteiger partial charge in [-0.15, -0.1) is 0 Å². The Kier molecular flexibility index (Phi) is 4.42. The Morgan fingerprint density at radius 3 is 2.75 bits per heavy atom. The highest BCUT2D eigenvalue weighted by Gasteiger charge is 2.35. The molecule has 20 heavy (non-hydrogen) atoms. The minimum absolute atomic E-state index is 0.0584. The summed E-state index contributed by atoms with van der Waals surface area (Å²) in [6.07, 6.45) is 1.18. The Hall–Kier alpha value is -1.84. The van der Waals surface area contributed by atoms with Crippen molar-refractivity contribution in [1.82, 2.24) is 5.32 Å². The number of rotatable bonds is 4. The molecule has 1 fully saturated rings. The zero-order chi connectivity index (χ0) is 14.7. The molecule has 1 aliphatic rings. The zero-order valence-corrected chi connectivity index (χ0v) is 12.2. The van der Waals surface area contributed by atoms with E-state index in [1.54, 1.807) is 0 Å². The van der Waals surface area contributed by atoms with Crippen LogP contribution >= 0.6 is 0 Å². The molecule has 4 heteroatoms. The maximum atomic E-state index is 11.9. The molecule has 108 valence electrons. The van der Waals surface area contributed by atoms with Crippen molar-refractivity contribution in [2.75, 3.05) is 0 Å².